The number of nitrogens with one attached hydrogen (secondary N) is 2. The third-order valence-corrected chi connectivity index (χ3v) is 4.08. The Morgan fingerprint density at radius 2 is 2.32 bits per heavy atom. The standard InChI is InChI=1S/C13H19ClN4O/c1-8-3-2-4-9(8)7-16-13(19)12-10(14)5-6-11(17-12)18-15/h5-6,8-9H,2-4,7,15H2,1H3,(H,16,19)(H,17,18). The first-order valence-corrected chi connectivity index (χ1v) is 6.91. The largest absolute Gasteiger partial charge is 0.350 e. The molecule has 1 aromatic heterocycles. The van der Waals surface area contributed by atoms with E-state index < -0.39 is 0 Å². The lowest BCUT2D eigenvalue weighted by Crippen LogP contribution is -2.31. The molecule has 4 N–H and O–H groups in total. The summed E-state index contributed by atoms with van der Waals surface area (Å²) < 4.78 is 0. The molecule has 1 fully saturated rings. The minimum absolute atomic E-state index is 0.211. The van der Waals surface area contributed by atoms with E-state index in [-0.39, 0.29) is 11.6 Å². The lowest BCUT2D eigenvalue weighted by Gasteiger charge is -2.16. The number of nitrogen functional groups attached to an aromatic ring is 1. The number of carbonyl (C=O) groups is 1. The second kappa shape index (κ2) is 6.21. The number of carbonyl (C=O) groups excluding carboxylic acids is 1. The van der Waals surface area contributed by atoms with Crippen molar-refractivity contribution >= 4 is 23.3 Å². The molecule has 0 aliphatic heterocycles. The van der Waals surface area contributed by atoms with Crippen molar-refractivity contribution in [2.45, 2.75) is 26.2 Å². The molecule has 0 radical (unpaired) electrons. The van der Waals surface area contributed by atoms with Gasteiger partial charge in [0.25, 0.3) is 5.91 Å². The highest BCUT2D eigenvalue weighted by Gasteiger charge is 2.24. The number of halogens is 1. The molecule has 2 atom stereocenters. The van der Waals surface area contributed by atoms with Crippen LogP contribution in [0.1, 0.15) is 36.7 Å². The first-order chi connectivity index (χ1) is 9.11. The van der Waals surface area contributed by atoms with Gasteiger partial charge in [-0.3, -0.25) is 4.79 Å². The SMILES string of the molecule is CC1CCCC1CNC(=O)c1nc(NN)ccc1Cl. The van der Waals surface area contributed by atoms with Crippen LogP contribution in [-0.2, 0) is 0 Å². The van der Waals surface area contributed by atoms with Crippen LogP contribution >= 0.6 is 11.6 Å². The fourth-order valence-corrected chi connectivity index (χ4v) is 2.71. The van der Waals surface area contributed by atoms with Crippen LogP contribution in [0.5, 0.6) is 0 Å². The molecule has 0 spiro atoms. The Morgan fingerprint density at radius 3 is 2.95 bits per heavy atom. The van der Waals surface area contributed by atoms with Gasteiger partial charge in [-0.15, -0.1) is 0 Å². The summed E-state index contributed by atoms with van der Waals surface area (Å²) >= 11 is 5.98. The Bertz CT molecular complexity index is 466. The summed E-state index contributed by atoms with van der Waals surface area (Å²) in [6.07, 6.45) is 3.66. The third kappa shape index (κ3) is 3.36. The van der Waals surface area contributed by atoms with E-state index in [0.717, 1.165) is 0 Å². The van der Waals surface area contributed by atoms with Gasteiger partial charge in [0.05, 0.1) is 5.02 Å². The lowest BCUT2D eigenvalue weighted by atomic mass is 9.98. The van der Waals surface area contributed by atoms with Crippen LogP contribution in [-0.4, -0.2) is 17.4 Å². The highest BCUT2D eigenvalue weighted by molar-refractivity contribution is 6.33. The summed E-state index contributed by atoms with van der Waals surface area (Å²) in [5.41, 5.74) is 2.61. The topological polar surface area (TPSA) is 80.0 Å². The average molecular weight is 283 g/mol. The Morgan fingerprint density at radius 1 is 1.53 bits per heavy atom. The average Bonchev–Trinajstić information content (AvgIpc) is 2.82. The van der Waals surface area contributed by atoms with Crippen molar-refractivity contribution < 1.29 is 4.79 Å². The summed E-state index contributed by atoms with van der Waals surface area (Å²) in [5.74, 6) is 6.67. The normalized spacial score (nSPS) is 22.3. The number of anilines is 1. The predicted octanol–water partition coefficient (Wildman–Crippen LogP) is 2.19. The van der Waals surface area contributed by atoms with Crippen LogP contribution in [0.4, 0.5) is 5.82 Å². The fraction of sp³-hybridized carbons (Fsp3) is 0.538. The summed E-state index contributed by atoms with van der Waals surface area (Å²) in [4.78, 5) is 16.1. The van der Waals surface area contributed by atoms with Crippen molar-refractivity contribution in [2.24, 2.45) is 17.7 Å². The van der Waals surface area contributed by atoms with E-state index in [1.54, 1.807) is 12.1 Å². The van der Waals surface area contributed by atoms with E-state index in [0.29, 0.717) is 29.2 Å². The van der Waals surface area contributed by atoms with Crippen molar-refractivity contribution in [3.05, 3.63) is 22.8 Å². The molecule has 5 nitrogen and oxygen atoms in total. The molecule has 0 bridgehead atoms. The van der Waals surface area contributed by atoms with E-state index >= 15 is 0 Å². The van der Waals surface area contributed by atoms with E-state index in [4.69, 9.17) is 17.4 Å². The number of hydrazine groups is 1. The number of hydrogen-bond acceptors (Lipinski definition) is 4. The zero-order chi connectivity index (χ0) is 13.8. The third-order valence-electron chi connectivity index (χ3n) is 3.77. The maximum Gasteiger partial charge on any atom is 0.271 e. The Hall–Kier alpha value is -1.33. The molecule has 1 amide bonds. The molecular formula is C13H19ClN4O. The number of pyridine rings is 1. The van der Waals surface area contributed by atoms with E-state index in [1.807, 2.05) is 0 Å². The van der Waals surface area contributed by atoms with E-state index in [1.165, 1.54) is 19.3 Å². The molecule has 0 saturated heterocycles. The zero-order valence-corrected chi connectivity index (χ0v) is 11.7. The van der Waals surface area contributed by atoms with Crippen LogP contribution < -0.4 is 16.6 Å². The van der Waals surface area contributed by atoms with Crippen LogP contribution in [0.2, 0.25) is 5.02 Å². The quantitative estimate of drug-likeness (QED) is 0.584. The van der Waals surface area contributed by atoms with E-state index in [9.17, 15) is 4.79 Å². The second-order valence-electron chi connectivity index (χ2n) is 5.05. The van der Waals surface area contributed by atoms with Gasteiger partial charge in [-0.1, -0.05) is 31.4 Å². The van der Waals surface area contributed by atoms with Crippen molar-refractivity contribution in [1.82, 2.24) is 10.3 Å². The van der Waals surface area contributed by atoms with Crippen LogP contribution in [0.25, 0.3) is 0 Å². The molecule has 0 aromatic carbocycles. The highest BCUT2D eigenvalue weighted by Crippen LogP contribution is 2.30. The molecular weight excluding hydrogens is 264 g/mol. The Kier molecular flexibility index (Phi) is 4.61. The van der Waals surface area contributed by atoms with Gasteiger partial charge in [0.15, 0.2) is 0 Å². The van der Waals surface area contributed by atoms with Gasteiger partial charge in [0.1, 0.15) is 11.5 Å². The van der Waals surface area contributed by atoms with Crippen molar-refractivity contribution in [3.63, 3.8) is 0 Å². The lowest BCUT2D eigenvalue weighted by molar-refractivity contribution is 0.0940. The van der Waals surface area contributed by atoms with Crippen LogP contribution in [0.15, 0.2) is 12.1 Å². The molecule has 2 unspecified atom stereocenters. The molecule has 6 heteroatoms. The van der Waals surface area contributed by atoms with E-state index in [2.05, 4.69) is 22.7 Å². The van der Waals surface area contributed by atoms with Gasteiger partial charge in [-0.2, -0.15) is 0 Å². The zero-order valence-electron chi connectivity index (χ0n) is 10.9. The number of hydrogen-bond donors (Lipinski definition) is 3. The Labute approximate surface area is 117 Å². The highest BCUT2D eigenvalue weighted by atomic mass is 35.5. The number of aromatic nitrogens is 1. The first kappa shape index (κ1) is 14.1. The van der Waals surface area contributed by atoms with Gasteiger partial charge >= 0.3 is 0 Å². The molecule has 1 aliphatic rings. The molecule has 104 valence electrons. The first-order valence-electron chi connectivity index (χ1n) is 6.53. The maximum atomic E-state index is 12.1. The molecule has 2 rings (SSSR count). The summed E-state index contributed by atoms with van der Waals surface area (Å²) in [6.45, 7) is 2.91. The van der Waals surface area contributed by atoms with Gasteiger partial charge in [-0.25, -0.2) is 10.8 Å². The summed E-state index contributed by atoms with van der Waals surface area (Å²) in [5, 5.41) is 3.24. The summed E-state index contributed by atoms with van der Waals surface area (Å²) in [6, 6.07) is 3.23. The number of nitrogens with zero attached hydrogens (tertiary/aromatic N) is 1. The molecule has 1 aliphatic carbocycles. The smallest absolute Gasteiger partial charge is 0.271 e. The maximum absolute atomic E-state index is 12.1. The van der Waals surface area contributed by atoms with Gasteiger partial charge in [-0.05, 0) is 30.4 Å². The van der Waals surface area contributed by atoms with Crippen molar-refractivity contribution in [2.75, 3.05) is 12.0 Å². The van der Waals surface area contributed by atoms with Crippen LogP contribution in [0, 0.1) is 11.8 Å². The Balaban J connectivity index is 1.99. The second-order valence-corrected chi connectivity index (χ2v) is 5.46. The number of nitrogens with two attached hydrogens (primary N) is 1. The number of rotatable bonds is 4. The monoisotopic (exact) mass is 282 g/mol. The molecule has 1 aromatic rings. The minimum atomic E-state index is -0.249. The predicted molar refractivity (Wildman–Crippen MR) is 75.9 cm³/mol. The van der Waals surface area contributed by atoms with Gasteiger partial charge in [0, 0.05) is 6.54 Å². The summed E-state index contributed by atoms with van der Waals surface area (Å²) in [7, 11) is 0. The minimum Gasteiger partial charge on any atom is -0.350 e. The van der Waals surface area contributed by atoms with Gasteiger partial charge < -0.3 is 10.7 Å². The molecule has 19 heavy (non-hydrogen) atoms. The van der Waals surface area contributed by atoms with Crippen molar-refractivity contribution in [3.8, 4) is 0 Å². The number of amides is 1. The molecule has 1 saturated carbocycles. The van der Waals surface area contributed by atoms with Gasteiger partial charge in [0.2, 0.25) is 0 Å². The fourth-order valence-electron chi connectivity index (χ4n) is 2.51. The molecule has 1 heterocycles. The van der Waals surface area contributed by atoms with Crippen molar-refractivity contribution in [1.29, 1.82) is 0 Å². The van der Waals surface area contributed by atoms with Crippen LogP contribution in [0.3, 0.4) is 0 Å².